The summed E-state index contributed by atoms with van der Waals surface area (Å²) in [6.45, 7) is 5.78. The zero-order valence-electron chi connectivity index (χ0n) is 19.1. The van der Waals surface area contributed by atoms with E-state index in [-0.39, 0.29) is 21.1 Å². The first-order valence-corrected chi connectivity index (χ1v) is 10.7. The molecule has 0 atom stereocenters. The standard InChI is InChI=1S/C23H31N4.C2H6N.W/c1-3-12-22(27(2)18-11-10-17-24)23(26-19-25,20-13-6-4-7-14-20)21-15-8-5-9-16-21;1-2-3;/h4-9,12-16,19,24H,3,10-11,17-18H2,1-2H3,(H2,25,26);3H,2H2,1H3;/q2*-1;+2/b22-12-;;. The number of allylic oxidation sites excluding steroid dienone is 1. The average molecular weight is 591 g/mol. The van der Waals surface area contributed by atoms with Crippen LogP contribution in [0.2, 0.25) is 0 Å². The van der Waals surface area contributed by atoms with Crippen LogP contribution in [-0.2, 0) is 26.6 Å². The van der Waals surface area contributed by atoms with Gasteiger partial charge in [0.1, 0.15) is 0 Å². The number of hydrogen-bond donors (Lipinski definition) is 1. The summed E-state index contributed by atoms with van der Waals surface area (Å²) >= 11 is 0. The molecule has 6 heteroatoms. The molecule has 0 heterocycles. The Morgan fingerprint density at radius 1 is 0.968 bits per heavy atom. The molecule has 0 aromatic heterocycles. The van der Waals surface area contributed by atoms with Crippen molar-refractivity contribution in [2.24, 2.45) is 10.7 Å². The van der Waals surface area contributed by atoms with E-state index in [9.17, 15) is 0 Å². The van der Waals surface area contributed by atoms with Crippen molar-refractivity contribution in [3.05, 3.63) is 95.0 Å². The third-order valence-corrected chi connectivity index (χ3v) is 4.75. The first-order chi connectivity index (χ1) is 14.6. The van der Waals surface area contributed by atoms with Crippen molar-refractivity contribution in [2.45, 2.75) is 38.6 Å². The first-order valence-electron chi connectivity index (χ1n) is 10.7. The molecule has 0 bridgehead atoms. The number of nitrogens with zero attached hydrogens (tertiary/aromatic N) is 2. The minimum atomic E-state index is -0.691. The smallest absolute Gasteiger partial charge is 0.678 e. The van der Waals surface area contributed by atoms with Crippen LogP contribution in [0.3, 0.4) is 0 Å². The molecule has 0 aliphatic carbocycles. The number of benzene rings is 2. The van der Waals surface area contributed by atoms with Gasteiger partial charge in [-0.1, -0.05) is 87.0 Å². The van der Waals surface area contributed by atoms with Crippen molar-refractivity contribution >= 4 is 6.34 Å². The number of hydrogen-bond acceptors (Lipinski definition) is 2. The Hall–Kier alpha value is -1.94. The Morgan fingerprint density at radius 2 is 1.45 bits per heavy atom. The molecule has 2 aromatic rings. The molecule has 0 spiro atoms. The molecule has 0 aliphatic heterocycles. The van der Waals surface area contributed by atoms with Crippen molar-refractivity contribution < 1.29 is 21.1 Å². The number of unbranched alkanes of at least 4 members (excludes halogenated alkanes) is 1. The summed E-state index contributed by atoms with van der Waals surface area (Å²) < 4.78 is 0. The van der Waals surface area contributed by atoms with E-state index >= 15 is 0 Å². The largest absolute Gasteiger partial charge is 2.00 e. The zero-order valence-corrected chi connectivity index (χ0v) is 22.0. The molecule has 5 nitrogen and oxygen atoms in total. The predicted molar refractivity (Wildman–Crippen MR) is 131 cm³/mol. The van der Waals surface area contributed by atoms with Gasteiger partial charge in [-0.2, -0.15) is 13.1 Å². The van der Waals surface area contributed by atoms with Crippen LogP contribution in [0.25, 0.3) is 11.5 Å². The van der Waals surface area contributed by atoms with Crippen molar-refractivity contribution in [2.75, 3.05) is 26.7 Å². The Labute approximate surface area is 203 Å². The molecule has 31 heavy (non-hydrogen) atoms. The molecule has 0 saturated carbocycles. The van der Waals surface area contributed by atoms with E-state index in [4.69, 9.17) is 22.2 Å². The van der Waals surface area contributed by atoms with Gasteiger partial charge in [0.2, 0.25) is 0 Å². The topological polar surface area (TPSA) is 89.2 Å². The molecule has 2 rings (SSSR count). The van der Waals surface area contributed by atoms with E-state index in [0.717, 1.165) is 42.6 Å². The number of aliphatic imine (C=N–C) groups is 1. The fourth-order valence-electron chi connectivity index (χ4n) is 3.52. The SMILES string of the molecule is CC/C=C(\N(C)CCCC[NH-])C(N=CN)(c1ccccc1)c1ccccc1.CC[NH-].[W+2]. The average Bonchev–Trinajstić information content (AvgIpc) is 2.78. The molecule has 0 saturated heterocycles. The van der Waals surface area contributed by atoms with E-state index < -0.39 is 5.54 Å². The van der Waals surface area contributed by atoms with E-state index in [0.29, 0.717) is 13.1 Å². The van der Waals surface area contributed by atoms with Crippen LogP contribution in [-0.4, -0.2) is 37.9 Å². The van der Waals surface area contributed by atoms with Crippen LogP contribution >= 0.6 is 0 Å². The zero-order chi connectivity index (χ0) is 22.2. The van der Waals surface area contributed by atoms with Gasteiger partial charge < -0.3 is 22.1 Å². The molecule has 0 aliphatic rings. The maximum absolute atomic E-state index is 7.42. The van der Waals surface area contributed by atoms with Gasteiger partial charge in [-0.05, 0) is 24.0 Å². The van der Waals surface area contributed by atoms with E-state index in [2.05, 4.69) is 49.2 Å². The van der Waals surface area contributed by atoms with E-state index in [1.165, 1.54) is 6.34 Å². The van der Waals surface area contributed by atoms with Gasteiger partial charge in [0.05, 0.1) is 6.34 Å². The van der Waals surface area contributed by atoms with Crippen molar-refractivity contribution in [3.63, 3.8) is 0 Å². The number of nitrogens with one attached hydrogen (secondary N) is 2. The summed E-state index contributed by atoms with van der Waals surface area (Å²) in [5.74, 6) is 0. The Balaban J connectivity index is 0.00000212. The first kappa shape index (κ1) is 29.1. The third-order valence-electron chi connectivity index (χ3n) is 4.75. The van der Waals surface area contributed by atoms with Crippen LogP contribution in [0.4, 0.5) is 0 Å². The molecule has 168 valence electrons. The summed E-state index contributed by atoms with van der Waals surface area (Å²) in [6.07, 6.45) is 6.44. The van der Waals surface area contributed by atoms with Gasteiger partial charge in [-0.3, -0.25) is 4.99 Å². The van der Waals surface area contributed by atoms with Crippen molar-refractivity contribution in [1.29, 1.82) is 0 Å². The molecule has 2 aromatic carbocycles. The molecule has 0 unspecified atom stereocenters. The van der Waals surface area contributed by atoms with Crippen LogP contribution in [0.15, 0.2) is 77.4 Å². The van der Waals surface area contributed by atoms with Crippen molar-refractivity contribution in [1.82, 2.24) is 4.90 Å². The number of rotatable bonds is 10. The van der Waals surface area contributed by atoms with Crippen molar-refractivity contribution in [3.8, 4) is 0 Å². The minimum Gasteiger partial charge on any atom is -0.678 e. The van der Waals surface area contributed by atoms with Gasteiger partial charge in [-0.25, -0.2) is 0 Å². The van der Waals surface area contributed by atoms with E-state index in [1.54, 1.807) is 6.92 Å². The molecular weight excluding hydrogens is 554 g/mol. The third kappa shape index (κ3) is 8.25. The van der Waals surface area contributed by atoms with Gasteiger partial charge in [0.25, 0.3) is 0 Å². The monoisotopic (exact) mass is 591 g/mol. The quantitative estimate of drug-likeness (QED) is 0.208. The van der Waals surface area contributed by atoms with Crippen LogP contribution in [0.1, 0.15) is 44.2 Å². The van der Waals surface area contributed by atoms with Crippen LogP contribution in [0.5, 0.6) is 0 Å². The van der Waals surface area contributed by atoms with Gasteiger partial charge in [-0.15, -0.1) is 0 Å². The van der Waals surface area contributed by atoms with Gasteiger partial charge in [0, 0.05) is 19.3 Å². The molecule has 0 fully saturated rings. The molecule has 0 amide bonds. The molecular formula is C25H37N5W. The minimum absolute atomic E-state index is 0. The summed E-state index contributed by atoms with van der Waals surface area (Å²) in [7, 11) is 2.11. The number of nitrogens with two attached hydrogens (primary N) is 1. The second-order valence-electron chi connectivity index (χ2n) is 6.95. The normalized spacial score (nSPS) is 11.5. The Bertz CT molecular complexity index is 708. The fraction of sp³-hybridized carbons (Fsp3) is 0.400. The van der Waals surface area contributed by atoms with Gasteiger partial charge in [0.15, 0.2) is 5.54 Å². The Kier molecular flexibility index (Phi) is 15.7. The van der Waals surface area contributed by atoms with Gasteiger partial charge >= 0.3 is 21.1 Å². The van der Waals surface area contributed by atoms with E-state index in [1.807, 2.05) is 36.4 Å². The molecule has 0 radical (unpaired) electrons. The van der Waals surface area contributed by atoms with Crippen LogP contribution in [0, 0.1) is 0 Å². The summed E-state index contributed by atoms with van der Waals surface area (Å²) in [4.78, 5) is 7.14. The summed E-state index contributed by atoms with van der Waals surface area (Å²) in [5.41, 5.74) is 22.1. The summed E-state index contributed by atoms with van der Waals surface area (Å²) in [5, 5.41) is 0. The Morgan fingerprint density at radius 3 is 1.84 bits per heavy atom. The summed E-state index contributed by atoms with van der Waals surface area (Å²) in [6, 6.07) is 20.7. The van der Waals surface area contributed by atoms with Crippen LogP contribution < -0.4 is 5.73 Å². The maximum Gasteiger partial charge on any atom is 2.00 e. The maximum atomic E-state index is 7.42. The second kappa shape index (κ2) is 16.7. The number of likely N-dealkylation sites (N-methyl/N-ethyl adjacent to an activating group) is 1. The predicted octanol–water partition coefficient (Wildman–Crippen LogP) is 6.03. The molecule has 4 N–H and O–H groups in total. The second-order valence-corrected chi connectivity index (χ2v) is 6.95. The fourth-order valence-corrected chi connectivity index (χ4v) is 3.52.